The summed E-state index contributed by atoms with van der Waals surface area (Å²) in [7, 11) is 0. The van der Waals surface area contributed by atoms with Gasteiger partial charge >= 0.3 is 6.18 Å². The van der Waals surface area contributed by atoms with Gasteiger partial charge in [-0.2, -0.15) is 18.3 Å². The van der Waals surface area contributed by atoms with Crippen LogP contribution in [-0.2, 0) is 17.3 Å². The van der Waals surface area contributed by atoms with E-state index in [4.69, 9.17) is 4.74 Å². The molecule has 0 N–H and O–H groups in total. The molecule has 0 unspecified atom stereocenters. The highest BCUT2D eigenvalue weighted by atomic mass is 19.4. The number of halogens is 3. The van der Waals surface area contributed by atoms with E-state index in [1.807, 2.05) is 17.9 Å². The van der Waals surface area contributed by atoms with Crippen LogP contribution in [0.4, 0.5) is 18.9 Å². The molecule has 2 aromatic carbocycles. The molecule has 1 aliphatic rings. The fourth-order valence-electron chi connectivity index (χ4n) is 4.21. The number of ketones is 1. The van der Waals surface area contributed by atoms with Gasteiger partial charge in [-0.05, 0) is 60.4 Å². The van der Waals surface area contributed by atoms with Crippen molar-refractivity contribution in [3.8, 4) is 11.8 Å². The molecule has 0 amide bonds. The summed E-state index contributed by atoms with van der Waals surface area (Å²) < 4.78 is 47.8. The number of ether oxygens (including phenoxy) is 1. The lowest BCUT2D eigenvalue weighted by atomic mass is 9.97. The van der Waals surface area contributed by atoms with Gasteiger partial charge in [0.05, 0.1) is 25.0 Å². The number of Topliss-reactive ketones (excluding diaryl/α,β-unsaturated/α-hetero) is 1. The predicted molar refractivity (Wildman–Crippen MR) is 133 cm³/mol. The Morgan fingerprint density at radius 3 is 2.68 bits per heavy atom. The van der Waals surface area contributed by atoms with E-state index >= 15 is 0 Å². The average Bonchev–Trinajstić information content (AvgIpc) is 3.31. The van der Waals surface area contributed by atoms with Crippen LogP contribution in [0.5, 0.6) is 0 Å². The average molecular weight is 505 g/mol. The smallest absolute Gasteiger partial charge is 0.378 e. The number of hydrogen-bond acceptors (Lipinski definition) is 5. The Labute approximate surface area is 211 Å². The van der Waals surface area contributed by atoms with Gasteiger partial charge in [0.25, 0.3) is 0 Å². The first kappa shape index (κ1) is 24.5. The Balaban J connectivity index is 1.42. The first-order valence-corrected chi connectivity index (χ1v) is 11.8. The van der Waals surface area contributed by atoms with E-state index < -0.39 is 11.7 Å². The molecule has 3 heterocycles. The third-order valence-electron chi connectivity index (χ3n) is 6.21. The third kappa shape index (κ3) is 5.49. The zero-order valence-electron chi connectivity index (χ0n) is 20.0. The lowest BCUT2D eigenvalue weighted by Crippen LogP contribution is -2.36. The van der Waals surface area contributed by atoms with Gasteiger partial charge in [0, 0.05) is 42.5 Å². The normalized spacial score (nSPS) is 13.9. The van der Waals surface area contributed by atoms with Crippen molar-refractivity contribution in [2.45, 2.75) is 19.5 Å². The van der Waals surface area contributed by atoms with Gasteiger partial charge in [0.15, 0.2) is 11.4 Å². The van der Waals surface area contributed by atoms with Gasteiger partial charge in [0.1, 0.15) is 5.69 Å². The summed E-state index contributed by atoms with van der Waals surface area (Å²) in [4.78, 5) is 19.3. The number of nitrogens with zero attached hydrogens (tertiary/aromatic N) is 4. The van der Waals surface area contributed by atoms with Crippen LogP contribution in [0.15, 0.2) is 60.9 Å². The molecule has 9 heteroatoms. The summed E-state index contributed by atoms with van der Waals surface area (Å²) in [6.07, 6.45) is -1.41. The number of benzene rings is 2. The largest absolute Gasteiger partial charge is 0.416 e. The minimum atomic E-state index is -4.51. The third-order valence-corrected chi connectivity index (χ3v) is 6.21. The second-order valence-corrected chi connectivity index (χ2v) is 8.80. The molecule has 188 valence electrons. The van der Waals surface area contributed by atoms with E-state index in [1.165, 1.54) is 0 Å². The minimum Gasteiger partial charge on any atom is -0.378 e. The Bertz CT molecular complexity index is 1530. The maximum Gasteiger partial charge on any atom is 0.416 e. The molecular formula is C28H23F3N4O2. The molecule has 0 saturated carbocycles. The number of aryl methyl sites for hydroxylation is 1. The summed E-state index contributed by atoms with van der Waals surface area (Å²) in [6.45, 7) is 3.77. The molecule has 0 atom stereocenters. The number of carbonyl (C=O) groups excluding carboxylic acids is 1. The van der Waals surface area contributed by atoms with E-state index in [1.54, 1.807) is 47.2 Å². The van der Waals surface area contributed by atoms with Gasteiger partial charge < -0.3 is 9.64 Å². The van der Waals surface area contributed by atoms with Crippen molar-refractivity contribution in [1.29, 1.82) is 0 Å². The second-order valence-electron chi connectivity index (χ2n) is 8.80. The molecule has 37 heavy (non-hydrogen) atoms. The molecule has 2 aromatic heterocycles. The van der Waals surface area contributed by atoms with Crippen LogP contribution in [0.1, 0.15) is 38.3 Å². The maximum absolute atomic E-state index is 13.6. The van der Waals surface area contributed by atoms with Crippen LogP contribution in [0.25, 0.3) is 5.65 Å². The van der Waals surface area contributed by atoms with E-state index in [-0.39, 0.29) is 12.2 Å². The van der Waals surface area contributed by atoms with E-state index in [0.717, 1.165) is 17.7 Å². The Kier molecular flexibility index (Phi) is 6.68. The van der Waals surface area contributed by atoms with Crippen LogP contribution in [0, 0.1) is 18.8 Å². The summed E-state index contributed by atoms with van der Waals surface area (Å²) in [5, 5.41) is 4.24. The van der Waals surface area contributed by atoms with Gasteiger partial charge in [0.2, 0.25) is 0 Å². The van der Waals surface area contributed by atoms with Crippen molar-refractivity contribution in [3.63, 3.8) is 0 Å². The predicted octanol–water partition coefficient (Wildman–Crippen LogP) is 4.72. The molecule has 0 bridgehead atoms. The maximum atomic E-state index is 13.6. The highest BCUT2D eigenvalue weighted by molar-refractivity contribution is 5.98. The van der Waals surface area contributed by atoms with E-state index in [2.05, 4.69) is 21.9 Å². The molecule has 1 fully saturated rings. The first-order chi connectivity index (χ1) is 17.8. The Morgan fingerprint density at radius 2 is 1.89 bits per heavy atom. The summed E-state index contributed by atoms with van der Waals surface area (Å²) in [5.74, 6) is 5.84. The number of rotatable bonds is 4. The molecule has 0 aliphatic carbocycles. The Morgan fingerprint density at radius 1 is 1.08 bits per heavy atom. The van der Waals surface area contributed by atoms with Gasteiger partial charge in [-0.3, -0.25) is 4.79 Å². The molecule has 6 nitrogen and oxygen atoms in total. The summed E-state index contributed by atoms with van der Waals surface area (Å²) in [5.41, 5.74) is 3.17. The highest BCUT2D eigenvalue weighted by Crippen LogP contribution is 2.33. The van der Waals surface area contributed by atoms with Crippen molar-refractivity contribution in [1.82, 2.24) is 14.6 Å². The zero-order chi connectivity index (χ0) is 26.0. The van der Waals surface area contributed by atoms with Crippen molar-refractivity contribution in [2.75, 3.05) is 31.2 Å². The molecule has 1 saturated heterocycles. The number of morpholine rings is 1. The topological polar surface area (TPSA) is 59.7 Å². The summed E-state index contributed by atoms with van der Waals surface area (Å²) in [6, 6.07) is 12.6. The molecule has 0 radical (unpaired) electrons. The summed E-state index contributed by atoms with van der Waals surface area (Å²) >= 11 is 0. The number of aromatic nitrogens is 3. The van der Waals surface area contributed by atoms with E-state index in [9.17, 15) is 18.0 Å². The molecular weight excluding hydrogens is 481 g/mol. The molecule has 4 aromatic rings. The van der Waals surface area contributed by atoms with Crippen LogP contribution in [0.3, 0.4) is 0 Å². The minimum absolute atomic E-state index is 0.158. The highest BCUT2D eigenvalue weighted by Gasteiger charge is 2.32. The van der Waals surface area contributed by atoms with Crippen LogP contribution in [0.2, 0.25) is 0 Å². The van der Waals surface area contributed by atoms with Crippen molar-refractivity contribution in [3.05, 3.63) is 94.4 Å². The standard InChI is InChI=1S/C28H23F3N4O2/c1-19-4-5-22(16-21(19)6-7-24-18-32-27-3-2-8-33-35(24)27)26(36)15-20-13-23(28(29,30)31)17-25(14-20)34-9-11-37-12-10-34/h2-5,8,13-14,16-18H,9-12,15H2,1H3. The second kappa shape index (κ2) is 10.1. The fourth-order valence-corrected chi connectivity index (χ4v) is 4.21. The van der Waals surface area contributed by atoms with Crippen LogP contribution < -0.4 is 4.90 Å². The van der Waals surface area contributed by atoms with Gasteiger partial charge in [-0.25, -0.2) is 9.50 Å². The molecule has 5 rings (SSSR count). The molecule has 0 spiro atoms. The lowest BCUT2D eigenvalue weighted by molar-refractivity contribution is -0.137. The van der Waals surface area contributed by atoms with Gasteiger partial charge in [-0.15, -0.1) is 0 Å². The van der Waals surface area contributed by atoms with Crippen LogP contribution >= 0.6 is 0 Å². The number of anilines is 1. The number of hydrogen-bond donors (Lipinski definition) is 0. The van der Waals surface area contributed by atoms with Gasteiger partial charge in [-0.1, -0.05) is 18.1 Å². The lowest BCUT2D eigenvalue weighted by Gasteiger charge is -2.29. The van der Waals surface area contributed by atoms with Crippen molar-refractivity contribution < 1.29 is 22.7 Å². The first-order valence-electron chi connectivity index (χ1n) is 11.8. The number of imidazole rings is 1. The number of fused-ring (bicyclic) bond motifs is 1. The fraction of sp³-hybridized carbons (Fsp3) is 0.250. The quantitative estimate of drug-likeness (QED) is 0.297. The SMILES string of the molecule is Cc1ccc(C(=O)Cc2cc(N3CCOCC3)cc(C(F)(F)F)c2)cc1C#Cc1cnc2cccnn12. The Hall–Kier alpha value is -4.16. The van der Waals surface area contributed by atoms with E-state index in [0.29, 0.717) is 60.0 Å². The van der Waals surface area contributed by atoms with Crippen molar-refractivity contribution in [2.24, 2.45) is 0 Å². The zero-order valence-corrected chi connectivity index (χ0v) is 20.0. The number of alkyl halides is 3. The molecule has 1 aliphatic heterocycles. The van der Waals surface area contributed by atoms with Crippen LogP contribution in [-0.4, -0.2) is 46.7 Å². The number of carbonyl (C=O) groups is 1. The monoisotopic (exact) mass is 504 g/mol. The van der Waals surface area contributed by atoms with Crippen molar-refractivity contribution >= 4 is 17.1 Å².